The van der Waals surface area contributed by atoms with Crippen molar-refractivity contribution in [2.45, 2.75) is 4.90 Å². The van der Waals surface area contributed by atoms with E-state index in [9.17, 15) is 22.0 Å². The molecule has 2 aromatic rings. The fraction of sp³-hybridized carbons (Fsp3) is 0.278. The summed E-state index contributed by atoms with van der Waals surface area (Å²) in [6.45, 7) is 1.02. The van der Waals surface area contributed by atoms with E-state index in [1.165, 1.54) is 16.4 Å². The maximum Gasteiger partial charge on any atom is 0.243 e. The van der Waals surface area contributed by atoms with Crippen molar-refractivity contribution >= 4 is 33.2 Å². The summed E-state index contributed by atoms with van der Waals surface area (Å²) in [5, 5.41) is 2.66. The number of carbonyl (C=O) groups excluding carboxylic acids is 1. The van der Waals surface area contributed by atoms with Crippen molar-refractivity contribution in [1.82, 2.24) is 9.21 Å². The van der Waals surface area contributed by atoms with Crippen molar-refractivity contribution in [2.75, 3.05) is 38.0 Å². The summed E-state index contributed by atoms with van der Waals surface area (Å²) in [5.41, 5.74) is -0.229. The zero-order valence-electron chi connectivity index (χ0n) is 14.7. The normalized spacial score (nSPS) is 16.1. The van der Waals surface area contributed by atoms with Gasteiger partial charge in [-0.25, -0.2) is 17.2 Å². The number of hydrogen-bond acceptors (Lipinski definition) is 4. The van der Waals surface area contributed by atoms with Crippen molar-refractivity contribution in [3.8, 4) is 0 Å². The Morgan fingerprint density at radius 3 is 2.46 bits per heavy atom. The van der Waals surface area contributed by atoms with E-state index in [4.69, 9.17) is 11.6 Å². The number of halogens is 3. The van der Waals surface area contributed by atoms with Gasteiger partial charge in [-0.1, -0.05) is 17.7 Å². The first-order chi connectivity index (χ1) is 13.3. The molecule has 0 atom stereocenters. The fourth-order valence-electron chi connectivity index (χ4n) is 2.89. The second kappa shape index (κ2) is 8.52. The van der Waals surface area contributed by atoms with Crippen molar-refractivity contribution in [3.63, 3.8) is 0 Å². The number of carbonyl (C=O) groups is 1. The lowest BCUT2D eigenvalue weighted by molar-refractivity contribution is -0.117. The zero-order valence-corrected chi connectivity index (χ0v) is 16.3. The number of rotatable bonds is 5. The summed E-state index contributed by atoms with van der Waals surface area (Å²) in [6.07, 6.45) is 0. The van der Waals surface area contributed by atoms with Crippen molar-refractivity contribution < 1.29 is 22.0 Å². The van der Waals surface area contributed by atoms with Crippen LogP contribution in [0.5, 0.6) is 0 Å². The first kappa shape index (κ1) is 20.7. The number of nitrogens with zero attached hydrogens (tertiary/aromatic N) is 2. The van der Waals surface area contributed by atoms with Gasteiger partial charge in [-0.3, -0.25) is 9.69 Å². The van der Waals surface area contributed by atoms with E-state index in [1.54, 1.807) is 17.0 Å². The lowest BCUT2D eigenvalue weighted by Gasteiger charge is -2.33. The lowest BCUT2D eigenvalue weighted by atomic mass is 10.3. The molecule has 0 bridgehead atoms. The smallest absolute Gasteiger partial charge is 0.243 e. The third-order valence-electron chi connectivity index (χ3n) is 4.33. The molecule has 0 spiro atoms. The highest BCUT2D eigenvalue weighted by Crippen LogP contribution is 2.21. The minimum Gasteiger partial charge on any atom is -0.322 e. The molecule has 1 N–H and O–H groups in total. The van der Waals surface area contributed by atoms with E-state index in [0.29, 0.717) is 18.1 Å². The molecule has 28 heavy (non-hydrogen) atoms. The van der Waals surface area contributed by atoms with Crippen LogP contribution in [0.3, 0.4) is 0 Å². The van der Waals surface area contributed by atoms with Crippen LogP contribution in [0, 0.1) is 11.6 Å². The topological polar surface area (TPSA) is 69.7 Å². The van der Waals surface area contributed by atoms with E-state index in [0.717, 1.165) is 18.2 Å². The predicted molar refractivity (Wildman–Crippen MR) is 102 cm³/mol. The Morgan fingerprint density at radius 1 is 1.07 bits per heavy atom. The molecule has 2 aromatic carbocycles. The molecule has 1 aliphatic rings. The number of amides is 1. The highest BCUT2D eigenvalue weighted by atomic mass is 35.5. The summed E-state index contributed by atoms with van der Waals surface area (Å²) in [6, 6.07) is 8.84. The molecule has 0 aliphatic carbocycles. The summed E-state index contributed by atoms with van der Waals surface area (Å²) < 4.78 is 53.5. The summed E-state index contributed by atoms with van der Waals surface area (Å²) in [4.78, 5) is 14.0. The van der Waals surface area contributed by atoms with E-state index in [-0.39, 0.29) is 30.2 Å². The predicted octanol–water partition coefficient (Wildman–Crippen LogP) is 2.56. The molecular formula is C18H18ClF2N3O3S. The molecule has 1 heterocycles. The SMILES string of the molecule is O=C(CN1CCN(S(=O)(=O)c2cccc(Cl)c2)CC1)Nc1cc(F)ccc1F. The summed E-state index contributed by atoms with van der Waals surface area (Å²) in [7, 11) is -3.66. The van der Waals surface area contributed by atoms with Crippen LogP contribution in [-0.2, 0) is 14.8 Å². The van der Waals surface area contributed by atoms with Gasteiger partial charge in [0, 0.05) is 37.3 Å². The highest BCUT2D eigenvalue weighted by Gasteiger charge is 2.29. The molecule has 0 aromatic heterocycles. The van der Waals surface area contributed by atoms with E-state index in [1.807, 2.05) is 0 Å². The number of anilines is 1. The van der Waals surface area contributed by atoms with Crippen LogP contribution in [0.25, 0.3) is 0 Å². The third-order valence-corrected chi connectivity index (χ3v) is 6.46. The molecular weight excluding hydrogens is 412 g/mol. The monoisotopic (exact) mass is 429 g/mol. The zero-order chi connectivity index (χ0) is 20.3. The summed E-state index contributed by atoms with van der Waals surface area (Å²) >= 11 is 5.87. The van der Waals surface area contributed by atoms with Gasteiger partial charge >= 0.3 is 0 Å². The lowest BCUT2D eigenvalue weighted by Crippen LogP contribution is -2.50. The van der Waals surface area contributed by atoms with Crippen LogP contribution in [0.15, 0.2) is 47.4 Å². The molecule has 150 valence electrons. The van der Waals surface area contributed by atoms with Crippen molar-refractivity contribution in [3.05, 3.63) is 59.1 Å². The molecule has 10 heteroatoms. The first-order valence-corrected chi connectivity index (χ1v) is 10.3. The molecule has 1 aliphatic heterocycles. The van der Waals surface area contributed by atoms with Crippen LogP contribution in [-0.4, -0.2) is 56.3 Å². The Hall–Kier alpha value is -2.07. The van der Waals surface area contributed by atoms with Crippen molar-refractivity contribution in [2.24, 2.45) is 0 Å². The average molecular weight is 430 g/mol. The van der Waals surface area contributed by atoms with Gasteiger partial charge in [0.25, 0.3) is 0 Å². The van der Waals surface area contributed by atoms with Gasteiger partial charge in [-0.2, -0.15) is 4.31 Å². The number of benzene rings is 2. The van der Waals surface area contributed by atoms with E-state index < -0.39 is 27.6 Å². The maximum atomic E-state index is 13.6. The minimum atomic E-state index is -3.66. The minimum absolute atomic E-state index is 0.0546. The van der Waals surface area contributed by atoms with Crippen LogP contribution < -0.4 is 5.32 Å². The molecule has 1 saturated heterocycles. The van der Waals surface area contributed by atoms with Crippen LogP contribution in [0.4, 0.5) is 14.5 Å². The Labute approximate surface area is 166 Å². The quantitative estimate of drug-likeness (QED) is 0.793. The summed E-state index contributed by atoms with van der Waals surface area (Å²) in [5.74, 6) is -1.89. The van der Waals surface area contributed by atoms with Gasteiger partial charge in [0.15, 0.2) is 0 Å². The van der Waals surface area contributed by atoms with Gasteiger partial charge in [0.2, 0.25) is 15.9 Å². The number of hydrogen-bond donors (Lipinski definition) is 1. The van der Waals surface area contributed by atoms with Gasteiger partial charge in [0.05, 0.1) is 17.1 Å². The fourth-order valence-corrected chi connectivity index (χ4v) is 4.61. The van der Waals surface area contributed by atoms with Crippen LogP contribution in [0.2, 0.25) is 5.02 Å². The molecule has 0 unspecified atom stereocenters. The molecule has 1 fully saturated rings. The highest BCUT2D eigenvalue weighted by molar-refractivity contribution is 7.89. The van der Waals surface area contributed by atoms with Crippen LogP contribution >= 0.6 is 11.6 Å². The van der Waals surface area contributed by atoms with Gasteiger partial charge in [0.1, 0.15) is 11.6 Å². The Balaban J connectivity index is 1.56. The first-order valence-electron chi connectivity index (χ1n) is 8.49. The van der Waals surface area contributed by atoms with Crippen molar-refractivity contribution in [1.29, 1.82) is 0 Å². The molecule has 6 nitrogen and oxygen atoms in total. The molecule has 0 saturated carbocycles. The Morgan fingerprint density at radius 2 is 1.79 bits per heavy atom. The van der Waals surface area contributed by atoms with E-state index in [2.05, 4.69) is 5.32 Å². The van der Waals surface area contributed by atoms with Gasteiger partial charge in [-0.15, -0.1) is 0 Å². The second-order valence-corrected chi connectivity index (χ2v) is 8.68. The third kappa shape index (κ3) is 4.85. The van der Waals surface area contributed by atoms with Gasteiger partial charge < -0.3 is 5.32 Å². The van der Waals surface area contributed by atoms with Gasteiger partial charge in [-0.05, 0) is 30.3 Å². The largest absolute Gasteiger partial charge is 0.322 e. The number of nitrogens with one attached hydrogen (secondary N) is 1. The average Bonchev–Trinajstić information content (AvgIpc) is 2.65. The second-order valence-electron chi connectivity index (χ2n) is 6.31. The molecule has 1 amide bonds. The van der Waals surface area contributed by atoms with E-state index >= 15 is 0 Å². The number of piperazine rings is 1. The Bertz CT molecular complexity index is 980. The van der Waals surface area contributed by atoms with Crippen LogP contribution in [0.1, 0.15) is 0 Å². The standard InChI is InChI=1S/C18H18ClF2N3O3S/c19-13-2-1-3-15(10-13)28(26,27)24-8-6-23(7-9-24)12-18(25)22-17-11-14(20)4-5-16(17)21/h1-5,10-11H,6-9,12H2,(H,22,25). The number of sulfonamides is 1. The Kier molecular flexibility index (Phi) is 6.29. The molecule has 0 radical (unpaired) electrons. The maximum absolute atomic E-state index is 13.6. The molecule has 3 rings (SSSR count).